The summed E-state index contributed by atoms with van der Waals surface area (Å²) < 4.78 is 0. The van der Waals surface area contributed by atoms with Gasteiger partial charge in [-0.2, -0.15) is 17.9 Å². The zero-order chi connectivity index (χ0) is 13.1. The number of nitrogens with zero attached hydrogens (tertiary/aromatic N) is 3. The van der Waals surface area contributed by atoms with Crippen LogP contribution in [0.1, 0.15) is 33.6 Å². The molecule has 0 aliphatic heterocycles. The van der Waals surface area contributed by atoms with Crippen molar-refractivity contribution < 1.29 is 0 Å². The zero-order valence-electron chi connectivity index (χ0n) is 10.3. The zero-order valence-corrected chi connectivity index (χ0v) is 11.1. The third kappa shape index (κ3) is 2.52. The van der Waals surface area contributed by atoms with Crippen LogP contribution in [0.25, 0.3) is 0 Å². The summed E-state index contributed by atoms with van der Waals surface area (Å²) in [5.41, 5.74) is 3.27. The van der Waals surface area contributed by atoms with Crippen molar-refractivity contribution in [3.8, 4) is 6.07 Å². The highest BCUT2D eigenvalue weighted by Gasteiger charge is 2.16. The second-order valence-electron chi connectivity index (χ2n) is 4.11. The van der Waals surface area contributed by atoms with Gasteiger partial charge in [0.1, 0.15) is 5.82 Å². The molecule has 1 unspecified atom stereocenters. The van der Waals surface area contributed by atoms with E-state index < -0.39 is 0 Å². The minimum Gasteiger partial charge on any atom is -0.237 e. The lowest BCUT2D eigenvalue weighted by molar-refractivity contribution is 0.907. The van der Waals surface area contributed by atoms with Gasteiger partial charge in [0.05, 0.1) is 16.9 Å². The number of nitriles is 1. The molecule has 1 atom stereocenters. The standard InChI is InChI=1S/C14H13N3S/c1-9-7-10(2)17-14(16-9)13(18)12-6-4-3-5-11(12)8-15/h3-7,13,18H,1-2H3. The maximum atomic E-state index is 9.10. The summed E-state index contributed by atoms with van der Waals surface area (Å²) in [5.74, 6) is 0.638. The fourth-order valence-electron chi connectivity index (χ4n) is 1.85. The Labute approximate surface area is 112 Å². The molecule has 3 nitrogen and oxygen atoms in total. The smallest absolute Gasteiger partial charge is 0.145 e. The molecule has 2 rings (SSSR count). The normalized spacial score (nSPS) is 11.9. The van der Waals surface area contributed by atoms with Crippen LogP contribution in [-0.2, 0) is 0 Å². The fourth-order valence-corrected chi connectivity index (χ4v) is 2.19. The summed E-state index contributed by atoms with van der Waals surface area (Å²) in [4.78, 5) is 8.78. The SMILES string of the molecule is Cc1cc(C)nc(C(S)c2ccccc2C#N)n1. The summed E-state index contributed by atoms with van der Waals surface area (Å²) in [5, 5.41) is 8.82. The first-order chi connectivity index (χ1) is 8.61. The molecule has 2 aromatic rings. The van der Waals surface area contributed by atoms with Crippen LogP contribution < -0.4 is 0 Å². The van der Waals surface area contributed by atoms with Crippen LogP contribution in [0.2, 0.25) is 0 Å². The van der Waals surface area contributed by atoms with Crippen molar-refractivity contribution in [3.63, 3.8) is 0 Å². The molecule has 0 saturated carbocycles. The van der Waals surface area contributed by atoms with E-state index >= 15 is 0 Å². The number of aromatic nitrogens is 2. The number of rotatable bonds is 2. The molecule has 0 aliphatic carbocycles. The van der Waals surface area contributed by atoms with Gasteiger partial charge in [-0.1, -0.05) is 18.2 Å². The van der Waals surface area contributed by atoms with E-state index in [1.54, 1.807) is 6.07 Å². The van der Waals surface area contributed by atoms with Gasteiger partial charge in [-0.25, -0.2) is 9.97 Å². The molecular weight excluding hydrogens is 242 g/mol. The molecule has 1 aromatic carbocycles. The molecule has 0 saturated heterocycles. The van der Waals surface area contributed by atoms with E-state index in [9.17, 15) is 0 Å². The van der Waals surface area contributed by atoms with E-state index in [0.717, 1.165) is 17.0 Å². The van der Waals surface area contributed by atoms with Gasteiger partial charge in [0.15, 0.2) is 0 Å². The Balaban J connectivity index is 2.48. The summed E-state index contributed by atoms with van der Waals surface area (Å²) in [6.07, 6.45) is 0. The average Bonchev–Trinajstić information content (AvgIpc) is 2.36. The lowest BCUT2D eigenvalue weighted by Crippen LogP contribution is -2.04. The second-order valence-corrected chi connectivity index (χ2v) is 4.63. The number of aryl methyl sites for hydroxylation is 2. The van der Waals surface area contributed by atoms with E-state index in [2.05, 4.69) is 28.7 Å². The average molecular weight is 255 g/mol. The predicted octanol–water partition coefficient (Wildman–Crippen LogP) is 2.98. The van der Waals surface area contributed by atoms with E-state index in [0.29, 0.717) is 11.4 Å². The van der Waals surface area contributed by atoms with Crippen LogP contribution in [0.3, 0.4) is 0 Å². The van der Waals surface area contributed by atoms with Crippen LogP contribution in [0.5, 0.6) is 0 Å². The van der Waals surface area contributed by atoms with Gasteiger partial charge in [-0.15, -0.1) is 0 Å². The number of benzene rings is 1. The maximum absolute atomic E-state index is 9.10. The van der Waals surface area contributed by atoms with Crippen LogP contribution in [0.15, 0.2) is 30.3 Å². The second kappa shape index (κ2) is 5.19. The molecule has 90 valence electrons. The molecule has 18 heavy (non-hydrogen) atoms. The highest BCUT2D eigenvalue weighted by Crippen LogP contribution is 2.28. The van der Waals surface area contributed by atoms with Crippen LogP contribution >= 0.6 is 12.6 Å². The van der Waals surface area contributed by atoms with Crippen LogP contribution in [0.4, 0.5) is 0 Å². The maximum Gasteiger partial charge on any atom is 0.145 e. The monoisotopic (exact) mass is 255 g/mol. The van der Waals surface area contributed by atoms with Gasteiger partial charge in [0.2, 0.25) is 0 Å². The molecule has 0 N–H and O–H groups in total. The van der Waals surface area contributed by atoms with Crippen molar-refractivity contribution in [2.24, 2.45) is 0 Å². The molecule has 0 aliphatic rings. The summed E-state index contributed by atoms with van der Waals surface area (Å²) in [6, 6.07) is 11.5. The van der Waals surface area contributed by atoms with E-state index in [1.807, 2.05) is 38.1 Å². The first kappa shape index (κ1) is 12.6. The predicted molar refractivity (Wildman–Crippen MR) is 73.5 cm³/mol. The molecule has 1 aromatic heterocycles. The number of hydrogen-bond acceptors (Lipinski definition) is 4. The fraction of sp³-hybridized carbons (Fsp3) is 0.214. The highest BCUT2D eigenvalue weighted by molar-refractivity contribution is 7.80. The van der Waals surface area contributed by atoms with Gasteiger partial charge in [0.25, 0.3) is 0 Å². The Morgan fingerprint density at radius 2 is 1.78 bits per heavy atom. The van der Waals surface area contributed by atoms with Crippen molar-refractivity contribution in [2.45, 2.75) is 19.1 Å². The number of thiol groups is 1. The lowest BCUT2D eigenvalue weighted by Gasteiger charge is -2.12. The van der Waals surface area contributed by atoms with E-state index in [4.69, 9.17) is 5.26 Å². The third-order valence-electron chi connectivity index (χ3n) is 2.62. The summed E-state index contributed by atoms with van der Waals surface area (Å²) >= 11 is 4.55. The van der Waals surface area contributed by atoms with Crippen LogP contribution in [-0.4, -0.2) is 9.97 Å². The quantitative estimate of drug-likeness (QED) is 0.839. The van der Waals surface area contributed by atoms with Gasteiger partial charge in [-0.05, 0) is 31.5 Å². The van der Waals surface area contributed by atoms with Crippen LogP contribution in [0, 0.1) is 25.2 Å². The van der Waals surface area contributed by atoms with Gasteiger partial charge < -0.3 is 0 Å². The summed E-state index contributed by atoms with van der Waals surface area (Å²) in [7, 11) is 0. The molecule has 0 fully saturated rings. The van der Waals surface area contributed by atoms with E-state index in [1.165, 1.54) is 0 Å². The molecule has 4 heteroatoms. The van der Waals surface area contributed by atoms with E-state index in [-0.39, 0.29) is 5.25 Å². The Morgan fingerprint density at radius 3 is 2.39 bits per heavy atom. The van der Waals surface area contributed by atoms with Crippen molar-refractivity contribution in [1.82, 2.24) is 9.97 Å². The largest absolute Gasteiger partial charge is 0.237 e. The first-order valence-electron chi connectivity index (χ1n) is 5.61. The molecule has 0 amide bonds. The van der Waals surface area contributed by atoms with Crippen molar-refractivity contribution in [1.29, 1.82) is 5.26 Å². The summed E-state index contributed by atoms with van der Waals surface area (Å²) in [6.45, 7) is 3.85. The first-order valence-corrected chi connectivity index (χ1v) is 6.12. The van der Waals surface area contributed by atoms with Gasteiger partial charge in [-0.3, -0.25) is 0 Å². The minimum atomic E-state index is -0.278. The van der Waals surface area contributed by atoms with Crippen molar-refractivity contribution in [2.75, 3.05) is 0 Å². The van der Waals surface area contributed by atoms with Gasteiger partial charge in [0, 0.05) is 11.4 Å². The molecule has 0 spiro atoms. The lowest BCUT2D eigenvalue weighted by atomic mass is 10.0. The van der Waals surface area contributed by atoms with Crippen molar-refractivity contribution >= 4 is 12.6 Å². The highest BCUT2D eigenvalue weighted by atomic mass is 32.1. The minimum absolute atomic E-state index is 0.278. The Morgan fingerprint density at radius 1 is 1.17 bits per heavy atom. The molecular formula is C14H13N3S. The Bertz CT molecular complexity index is 596. The molecule has 0 radical (unpaired) electrons. The topological polar surface area (TPSA) is 49.6 Å². The number of hydrogen-bond donors (Lipinski definition) is 1. The van der Waals surface area contributed by atoms with Crippen molar-refractivity contribution in [3.05, 3.63) is 58.7 Å². The Kier molecular flexibility index (Phi) is 3.63. The molecule has 0 bridgehead atoms. The third-order valence-corrected chi connectivity index (χ3v) is 3.13. The molecule has 1 heterocycles. The Hall–Kier alpha value is -1.86. The van der Waals surface area contributed by atoms with Gasteiger partial charge >= 0.3 is 0 Å².